The first-order valence-electron chi connectivity index (χ1n) is 7.82. The fourth-order valence-corrected chi connectivity index (χ4v) is 2.62. The molecule has 2 aromatic rings. The highest BCUT2D eigenvalue weighted by Crippen LogP contribution is 2.26. The highest BCUT2D eigenvalue weighted by Gasteiger charge is 2.23. The summed E-state index contributed by atoms with van der Waals surface area (Å²) in [6, 6.07) is 8.49. The number of aromatic nitrogens is 2. The molecule has 5 nitrogen and oxygen atoms in total. The van der Waals surface area contributed by atoms with Crippen LogP contribution in [-0.2, 0) is 4.74 Å². The summed E-state index contributed by atoms with van der Waals surface area (Å²) in [5.41, 5.74) is 0.982. The minimum absolute atomic E-state index is 0.0772. The van der Waals surface area contributed by atoms with E-state index in [-0.39, 0.29) is 11.9 Å². The molecule has 0 amide bonds. The van der Waals surface area contributed by atoms with Crippen molar-refractivity contribution < 1.29 is 9.13 Å². The lowest BCUT2D eigenvalue weighted by atomic mass is 10.1. The van der Waals surface area contributed by atoms with Crippen molar-refractivity contribution in [3.05, 3.63) is 48.0 Å². The number of hydrogen-bond donors (Lipinski definition) is 0. The van der Waals surface area contributed by atoms with Crippen molar-refractivity contribution in [1.29, 1.82) is 0 Å². The Morgan fingerprint density at radius 3 is 2.83 bits per heavy atom. The van der Waals surface area contributed by atoms with Gasteiger partial charge in [0.15, 0.2) is 0 Å². The van der Waals surface area contributed by atoms with Crippen molar-refractivity contribution in [2.75, 3.05) is 43.1 Å². The van der Waals surface area contributed by atoms with E-state index in [0.29, 0.717) is 13.2 Å². The van der Waals surface area contributed by atoms with Gasteiger partial charge in [0.2, 0.25) is 0 Å². The number of nitrogens with zero attached hydrogens (tertiary/aromatic N) is 4. The van der Waals surface area contributed by atoms with Gasteiger partial charge in [0.25, 0.3) is 0 Å². The van der Waals surface area contributed by atoms with Gasteiger partial charge in [-0.15, -0.1) is 0 Å². The maximum atomic E-state index is 13.1. The number of benzene rings is 1. The van der Waals surface area contributed by atoms with Gasteiger partial charge in [-0.3, -0.25) is 0 Å². The first-order valence-corrected chi connectivity index (χ1v) is 7.82. The van der Waals surface area contributed by atoms with E-state index in [0.717, 1.165) is 30.3 Å². The van der Waals surface area contributed by atoms with Gasteiger partial charge >= 0.3 is 0 Å². The summed E-state index contributed by atoms with van der Waals surface area (Å²) in [7, 11) is 2.01. The molecule has 0 spiro atoms. The molecule has 0 saturated carbocycles. The van der Waals surface area contributed by atoms with Crippen molar-refractivity contribution >= 4 is 11.6 Å². The van der Waals surface area contributed by atoms with Crippen LogP contribution in [-0.4, -0.2) is 43.3 Å². The Labute approximate surface area is 135 Å². The van der Waals surface area contributed by atoms with E-state index in [4.69, 9.17) is 4.74 Å². The molecule has 0 unspecified atom stereocenters. The second-order valence-corrected chi connectivity index (χ2v) is 5.61. The molecular weight excluding hydrogens is 295 g/mol. The molecule has 1 fully saturated rings. The van der Waals surface area contributed by atoms with Gasteiger partial charge in [-0.05, 0) is 24.6 Å². The summed E-state index contributed by atoms with van der Waals surface area (Å²) >= 11 is 0. The molecule has 1 aromatic heterocycles. The van der Waals surface area contributed by atoms with Crippen LogP contribution in [0.1, 0.15) is 18.6 Å². The Hall–Kier alpha value is -2.21. The van der Waals surface area contributed by atoms with Crippen molar-refractivity contribution in [3.8, 4) is 0 Å². The maximum absolute atomic E-state index is 13.1. The van der Waals surface area contributed by atoms with Crippen LogP contribution in [0.4, 0.5) is 16.0 Å². The van der Waals surface area contributed by atoms with E-state index in [1.54, 1.807) is 18.5 Å². The molecule has 1 aromatic carbocycles. The number of rotatable bonds is 4. The van der Waals surface area contributed by atoms with Crippen molar-refractivity contribution in [1.82, 2.24) is 9.97 Å². The molecule has 0 radical (unpaired) electrons. The van der Waals surface area contributed by atoms with E-state index in [9.17, 15) is 4.39 Å². The minimum Gasteiger partial charge on any atom is -0.370 e. The number of anilines is 2. The van der Waals surface area contributed by atoms with Gasteiger partial charge in [-0.2, -0.15) is 0 Å². The molecule has 0 aliphatic carbocycles. The Morgan fingerprint density at radius 2 is 2.09 bits per heavy atom. The predicted molar refractivity (Wildman–Crippen MR) is 88.3 cm³/mol. The van der Waals surface area contributed by atoms with Crippen LogP contribution in [0.3, 0.4) is 0 Å². The lowest BCUT2D eigenvalue weighted by Crippen LogP contribution is -2.39. The highest BCUT2D eigenvalue weighted by atomic mass is 19.1. The topological polar surface area (TPSA) is 41.5 Å². The van der Waals surface area contributed by atoms with Crippen LogP contribution in [0.5, 0.6) is 0 Å². The van der Waals surface area contributed by atoms with Gasteiger partial charge in [-0.1, -0.05) is 12.1 Å². The third kappa shape index (κ3) is 3.59. The predicted octanol–water partition coefficient (Wildman–Crippen LogP) is 2.65. The van der Waals surface area contributed by atoms with Crippen LogP contribution in [0.15, 0.2) is 36.7 Å². The quantitative estimate of drug-likeness (QED) is 0.867. The molecular formula is C17H21FN4O. The molecule has 0 bridgehead atoms. The monoisotopic (exact) mass is 316 g/mol. The molecule has 23 heavy (non-hydrogen) atoms. The van der Waals surface area contributed by atoms with Crippen LogP contribution >= 0.6 is 0 Å². The normalized spacial score (nSPS) is 18.0. The summed E-state index contributed by atoms with van der Waals surface area (Å²) < 4.78 is 18.9. The van der Waals surface area contributed by atoms with Crippen LogP contribution in [0.2, 0.25) is 0 Å². The first kappa shape index (κ1) is 15.7. The maximum Gasteiger partial charge on any atom is 0.134 e. The number of halogens is 1. The molecule has 6 heteroatoms. The van der Waals surface area contributed by atoms with E-state index >= 15 is 0 Å². The van der Waals surface area contributed by atoms with Crippen LogP contribution in [0, 0.1) is 5.82 Å². The minimum atomic E-state index is -0.232. The van der Waals surface area contributed by atoms with Gasteiger partial charge in [0, 0.05) is 32.7 Å². The third-order valence-corrected chi connectivity index (χ3v) is 4.14. The zero-order valence-electron chi connectivity index (χ0n) is 13.4. The average molecular weight is 316 g/mol. The van der Waals surface area contributed by atoms with Crippen LogP contribution < -0.4 is 9.80 Å². The molecule has 1 aliphatic heterocycles. The Morgan fingerprint density at radius 1 is 1.30 bits per heavy atom. The Kier molecular flexibility index (Phi) is 4.71. The fourth-order valence-electron chi connectivity index (χ4n) is 2.62. The van der Waals surface area contributed by atoms with Gasteiger partial charge in [0.05, 0.1) is 6.61 Å². The largest absolute Gasteiger partial charge is 0.370 e. The van der Waals surface area contributed by atoms with E-state index in [2.05, 4.69) is 26.7 Å². The molecule has 3 rings (SSSR count). The SMILES string of the molecule is CCN(C)c1cc(N2CCO[C@H](c3ccc(F)cc3)C2)ncn1. The van der Waals surface area contributed by atoms with Crippen molar-refractivity contribution in [2.24, 2.45) is 0 Å². The zero-order valence-corrected chi connectivity index (χ0v) is 13.4. The second kappa shape index (κ2) is 6.91. The van der Waals surface area contributed by atoms with Gasteiger partial charge in [-0.25, -0.2) is 14.4 Å². The number of morpholine rings is 1. The Balaban J connectivity index is 1.77. The molecule has 122 valence electrons. The highest BCUT2D eigenvalue weighted by molar-refractivity contribution is 5.50. The molecule has 2 heterocycles. The molecule has 1 saturated heterocycles. The number of hydrogen-bond acceptors (Lipinski definition) is 5. The lowest BCUT2D eigenvalue weighted by Gasteiger charge is -2.34. The summed E-state index contributed by atoms with van der Waals surface area (Å²) in [5.74, 6) is 1.57. The summed E-state index contributed by atoms with van der Waals surface area (Å²) in [6.45, 7) is 5.06. The molecule has 0 N–H and O–H groups in total. The standard InChI is InChI=1S/C17H21FN4O/c1-3-21(2)16-10-17(20-12-19-16)22-8-9-23-15(11-22)13-4-6-14(18)7-5-13/h4-7,10,12,15H,3,8-9,11H2,1-2H3/t15-/m0/s1. The lowest BCUT2D eigenvalue weighted by molar-refractivity contribution is 0.0395. The Bertz CT molecular complexity index is 649. The second-order valence-electron chi connectivity index (χ2n) is 5.61. The summed E-state index contributed by atoms with van der Waals surface area (Å²) in [5, 5.41) is 0. The van der Waals surface area contributed by atoms with Crippen molar-refractivity contribution in [2.45, 2.75) is 13.0 Å². The van der Waals surface area contributed by atoms with E-state index in [1.807, 2.05) is 13.1 Å². The number of ether oxygens (including phenoxy) is 1. The summed E-state index contributed by atoms with van der Waals surface area (Å²) in [4.78, 5) is 13.0. The van der Waals surface area contributed by atoms with E-state index in [1.165, 1.54) is 12.1 Å². The molecule has 1 aliphatic rings. The van der Waals surface area contributed by atoms with Crippen molar-refractivity contribution in [3.63, 3.8) is 0 Å². The van der Waals surface area contributed by atoms with Gasteiger partial charge in [0.1, 0.15) is 29.9 Å². The first-order chi connectivity index (χ1) is 11.2. The average Bonchev–Trinajstić information content (AvgIpc) is 2.62. The smallest absolute Gasteiger partial charge is 0.134 e. The van der Waals surface area contributed by atoms with E-state index < -0.39 is 0 Å². The summed E-state index contributed by atoms with van der Waals surface area (Å²) in [6.07, 6.45) is 1.52. The fraction of sp³-hybridized carbons (Fsp3) is 0.412. The molecule has 1 atom stereocenters. The third-order valence-electron chi connectivity index (χ3n) is 4.14. The van der Waals surface area contributed by atoms with Crippen LogP contribution in [0.25, 0.3) is 0 Å². The van der Waals surface area contributed by atoms with Gasteiger partial charge < -0.3 is 14.5 Å². The zero-order chi connectivity index (χ0) is 16.2.